The fraction of sp³-hybridized carbons (Fsp3) is 0.400. The monoisotopic (exact) mass is 455 g/mol. The summed E-state index contributed by atoms with van der Waals surface area (Å²) >= 11 is 0. The maximum Gasteiger partial charge on any atom is 0.293 e. The summed E-state index contributed by atoms with van der Waals surface area (Å²) < 4.78 is 16.7. The Kier molecular flexibility index (Phi) is 6.78. The molecule has 13 nitrogen and oxygen atoms in total. The van der Waals surface area contributed by atoms with Crippen LogP contribution in [0.15, 0.2) is 27.9 Å². The van der Waals surface area contributed by atoms with Crippen LogP contribution >= 0.6 is 0 Å². The summed E-state index contributed by atoms with van der Waals surface area (Å²) in [7, 11) is 3.08. The number of nitrogens with one attached hydrogen (secondary N) is 1. The minimum Gasteiger partial charge on any atom is -0.493 e. The lowest BCUT2D eigenvalue weighted by Crippen LogP contribution is -2.31. The molecule has 0 atom stereocenters. The summed E-state index contributed by atoms with van der Waals surface area (Å²) in [4.78, 5) is 15.2. The maximum atomic E-state index is 12.9. The fourth-order valence-electron chi connectivity index (χ4n) is 3.68. The molecule has 1 aliphatic rings. The number of amides is 1. The van der Waals surface area contributed by atoms with Crippen molar-refractivity contribution in [2.75, 3.05) is 33.0 Å². The predicted molar refractivity (Wildman–Crippen MR) is 117 cm³/mol. The first-order valence-corrected chi connectivity index (χ1v) is 10.4. The van der Waals surface area contributed by atoms with Crippen LogP contribution in [0.1, 0.15) is 41.0 Å². The molecule has 0 spiro atoms. The van der Waals surface area contributed by atoms with Crippen molar-refractivity contribution < 1.29 is 18.9 Å². The minimum atomic E-state index is -0.526. The number of rotatable bonds is 8. The highest BCUT2D eigenvalue weighted by Crippen LogP contribution is 2.29. The number of hydrazone groups is 1. The molecule has 0 aliphatic carbocycles. The molecule has 3 aromatic rings. The smallest absolute Gasteiger partial charge is 0.293 e. The van der Waals surface area contributed by atoms with Gasteiger partial charge >= 0.3 is 0 Å². The van der Waals surface area contributed by atoms with Gasteiger partial charge in [-0.15, -0.1) is 5.10 Å². The van der Waals surface area contributed by atoms with Crippen LogP contribution in [0.4, 0.5) is 5.82 Å². The van der Waals surface area contributed by atoms with E-state index in [1.54, 1.807) is 25.3 Å². The zero-order valence-electron chi connectivity index (χ0n) is 18.4. The molecule has 2 aromatic heterocycles. The second-order valence-electron chi connectivity index (χ2n) is 7.39. The zero-order chi connectivity index (χ0) is 23.2. The normalized spacial score (nSPS) is 14.5. The van der Waals surface area contributed by atoms with Crippen molar-refractivity contribution in [2.45, 2.75) is 25.8 Å². The van der Waals surface area contributed by atoms with Crippen molar-refractivity contribution >= 4 is 17.9 Å². The van der Waals surface area contributed by atoms with Crippen LogP contribution in [0.2, 0.25) is 0 Å². The van der Waals surface area contributed by atoms with E-state index < -0.39 is 5.91 Å². The Bertz CT molecular complexity index is 1130. The lowest BCUT2D eigenvalue weighted by Gasteiger charge is -2.26. The number of methoxy groups -OCH3 is 2. The Balaban J connectivity index is 1.58. The SMILES string of the molecule is COc1cccc(/C=N\NC(=O)c2nnn(-c3nonc3N)c2CN2CCCCC2)c1OC. The number of carbonyl (C=O) groups is 1. The molecule has 174 valence electrons. The van der Waals surface area contributed by atoms with E-state index in [0.717, 1.165) is 25.9 Å². The van der Waals surface area contributed by atoms with Gasteiger partial charge in [0.15, 0.2) is 17.2 Å². The molecule has 1 amide bonds. The quantitative estimate of drug-likeness (QED) is 0.370. The summed E-state index contributed by atoms with van der Waals surface area (Å²) in [5.41, 5.74) is 9.60. The number of nitrogens with two attached hydrogens (primary N) is 1. The van der Waals surface area contributed by atoms with E-state index in [9.17, 15) is 4.79 Å². The van der Waals surface area contributed by atoms with Gasteiger partial charge in [-0.1, -0.05) is 17.7 Å². The number of benzene rings is 1. The highest BCUT2D eigenvalue weighted by atomic mass is 16.6. The van der Waals surface area contributed by atoms with Crippen LogP contribution in [-0.4, -0.2) is 69.6 Å². The van der Waals surface area contributed by atoms with E-state index in [1.165, 1.54) is 24.4 Å². The molecule has 1 fully saturated rings. The van der Waals surface area contributed by atoms with Crippen LogP contribution in [0, 0.1) is 0 Å². The standard InChI is InChI=1S/C20H25N9O4/c1-31-15-8-6-7-13(17(15)32-2)11-22-24-20(30)16-14(12-28-9-4-3-5-10-28)29(27-23-16)19-18(21)25-33-26-19/h6-8,11H,3-5,9-10,12H2,1-2H3,(H2,21,25)(H,24,30)/b22-11-. The van der Waals surface area contributed by atoms with Crippen molar-refractivity contribution in [1.29, 1.82) is 0 Å². The van der Waals surface area contributed by atoms with Gasteiger partial charge in [-0.3, -0.25) is 9.69 Å². The highest BCUT2D eigenvalue weighted by molar-refractivity contribution is 5.94. The average molecular weight is 455 g/mol. The maximum absolute atomic E-state index is 12.9. The van der Waals surface area contributed by atoms with E-state index >= 15 is 0 Å². The summed E-state index contributed by atoms with van der Waals surface area (Å²) in [5.74, 6) is 0.761. The predicted octanol–water partition coefficient (Wildman–Crippen LogP) is 0.999. The highest BCUT2D eigenvalue weighted by Gasteiger charge is 2.26. The van der Waals surface area contributed by atoms with Crippen LogP contribution in [-0.2, 0) is 6.54 Å². The second kappa shape index (κ2) is 10.1. The van der Waals surface area contributed by atoms with Crippen LogP contribution < -0.4 is 20.6 Å². The van der Waals surface area contributed by atoms with Crippen molar-refractivity contribution in [3.05, 3.63) is 35.2 Å². The van der Waals surface area contributed by atoms with Gasteiger partial charge in [-0.2, -0.15) is 9.78 Å². The third kappa shape index (κ3) is 4.77. The number of anilines is 1. The molecule has 4 rings (SSSR count). The van der Waals surface area contributed by atoms with Crippen molar-refractivity contribution in [3.8, 4) is 17.3 Å². The van der Waals surface area contributed by atoms with Gasteiger partial charge in [0.2, 0.25) is 11.6 Å². The first-order chi connectivity index (χ1) is 16.1. The van der Waals surface area contributed by atoms with E-state index in [2.05, 4.69) is 36.1 Å². The number of hydrogen-bond donors (Lipinski definition) is 2. The number of likely N-dealkylation sites (tertiary alicyclic amines) is 1. The summed E-state index contributed by atoms with van der Waals surface area (Å²) in [5, 5.41) is 19.6. The van der Waals surface area contributed by atoms with Gasteiger partial charge < -0.3 is 15.2 Å². The largest absolute Gasteiger partial charge is 0.493 e. The van der Waals surface area contributed by atoms with E-state index in [0.29, 0.717) is 29.3 Å². The molecule has 1 aliphatic heterocycles. The molecule has 1 saturated heterocycles. The van der Waals surface area contributed by atoms with E-state index in [4.69, 9.17) is 19.8 Å². The van der Waals surface area contributed by atoms with Crippen molar-refractivity contribution in [2.24, 2.45) is 5.10 Å². The Morgan fingerprint density at radius 2 is 2.06 bits per heavy atom. The molecule has 3 N–H and O–H groups in total. The summed E-state index contributed by atoms with van der Waals surface area (Å²) in [6.45, 7) is 2.26. The molecule has 0 saturated carbocycles. The van der Waals surface area contributed by atoms with Gasteiger partial charge in [0, 0.05) is 12.1 Å². The number of ether oxygens (including phenoxy) is 2. The molecule has 3 heterocycles. The Labute approximate surface area is 189 Å². The third-order valence-electron chi connectivity index (χ3n) is 5.30. The number of nitrogens with zero attached hydrogens (tertiary/aromatic N) is 7. The van der Waals surface area contributed by atoms with Crippen molar-refractivity contribution in [3.63, 3.8) is 0 Å². The number of nitrogen functional groups attached to an aromatic ring is 1. The number of piperidine rings is 1. The Morgan fingerprint density at radius 1 is 1.24 bits per heavy atom. The minimum absolute atomic E-state index is 0.0508. The third-order valence-corrected chi connectivity index (χ3v) is 5.30. The van der Waals surface area contributed by atoms with Crippen LogP contribution in [0.25, 0.3) is 5.82 Å². The first kappa shape index (κ1) is 22.2. The fourth-order valence-corrected chi connectivity index (χ4v) is 3.68. The molecule has 0 bridgehead atoms. The molecular weight excluding hydrogens is 430 g/mol. The van der Waals surface area contributed by atoms with E-state index in [-0.39, 0.29) is 17.3 Å². The van der Waals surface area contributed by atoms with E-state index in [1.807, 2.05) is 0 Å². The van der Waals surface area contributed by atoms with Gasteiger partial charge in [0.05, 0.1) is 26.1 Å². The second-order valence-corrected chi connectivity index (χ2v) is 7.39. The first-order valence-electron chi connectivity index (χ1n) is 10.4. The van der Waals surface area contributed by atoms with Gasteiger partial charge in [-0.05, 0) is 48.4 Å². The molecule has 0 unspecified atom stereocenters. The molecule has 0 radical (unpaired) electrons. The summed E-state index contributed by atoms with van der Waals surface area (Å²) in [6.07, 6.45) is 4.82. The number of carbonyl (C=O) groups excluding carboxylic acids is 1. The van der Waals surface area contributed by atoms with Gasteiger partial charge in [0.1, 0.15) is 0 Å². The van der Waals surface area contributed by atoms with Gasteiger partial charge in [0.25, 0.3) is 5.91 Å². The Hall–Kier alpha value is -4.00. The van der Waals surface area contributed by atoms with Crippen LogP contribution in [0.5, 0.6) is 11.5 Å². The number of hydrogen-bond acceptors (Lipinski definition) is 11. The zero-order valence-corrected chi connectivity index (χ0v) is 18.4. The summed E-state index contributed by atoms with van der Waals surface area (Å²) in [6, 6.07) is 5.35. The Morgan fingerprint density at radius 3 is 2.76 bits per heavy atom. The molecular formula is C20H25N9O4. The molecule has 1 aromatic carbocycles. The lowest BCUT2D eigenvalue weighted by molar-refractivity contribution is 0.0947. The van der Waals surface area contributed by atoms with Gasteiger partial charge in [-0.25, -0.2) is 10.1 Å². The molecule has 13 heteroatoms. The van der Waals surface area contributed by atoms with Crippen molar-refractivity contribution in [1.82, 2.24) is 35.6 Å². The van der Waals surface area contributed by atoms with Crippen LogP contribution in [0.3, 0.4) is 0 Å². The molecule has 33 heavy (non-hydrogen) atoms. The number of para-hydroxylation sites is 1. The average Bonchev–Trinajstić information content (AvgIpc) is 3.45. The number of aromatic nitrogens is 5. The lowest BCUT2D eigenvalue weighted by atomic mass is 10.1. The topological polar surface area (TPSA) is 159 Å².